The summed E-state index contributed by atoms with van der Waals surface area (Å²) in [4.78, 5) is 12.2. The van der Waals surface area contributed by atoms with E-state index in [0.717, 1.165) is 16.3 Å². The molecule has 0 saturated heterocycles. The van der Waals surface area contributed by atoms with Crippen molar-refractivity contribution in [3.05, 3.63) is 65.2 Å². The van der Waals surface area contributed by atoms with Crippen LogP contribution >= 0.6 is 23.4 Å². The number of carbonyl (C=O) groups excluding carboxylic acids is 1. The van der Waals surface area contributed by atoms with E-state index < -0.39 is 0 Å². The van der Waals surface area contributed by atoms with Crippen LogP contribution in [0.3, 0.4) is 0 Å². The Morgan fingerprint density at radius 1 is 1.15 bits per heavy atom. The highest BCUT2D eigenvalue weighted by molar-refractivity contribution is 7.99. The zero-order valence-electron chi connectivity index (χ0n) is 14.6. The van der Waals surface area contributed by atoms with Gasteiger partial charge >= 0.3 is 0 Å². The summed E-state index contributed by atoms with van der Waals surface area (Å²) < 4.78 is 2.04. The van der Waals surface area contributed by atoms with Gasteiger partial charge in [0.1, 0.15) is 0 Å². The van der Waals surface area contributed by atoms with Crippen LogP contribution in [0.2, 0.25) is 5.02 Å². The maximum atomic E-state index is 12.2. The van der Waals surface area contributed by atoms with Crippen LogP contribution in [-0.4, -0.2) is 26.3 Å². The van der Waals surface area contributed by atoms with Crippen LogP contribution in [0, 0.1) is 6.92 Å². The smallest absolute Gasteiger partial charge is 0.225 e. The summed E-state index contributed by atoms with van der Waals surface area (Å²) in [6.45, 7) is 2.07. The quantitative estimate of drug-likeness (QED) is 0.484. The number of hydrogen-bond acceptors (Lipinski definition) is 4. The lowest BCUT2D eigenvalue weighted by Gasteiger charge is -2.08. The molecule has 0 aliphatic rings. The first-order valence-corrected chi connectivity index (χ1v) is 9.90. The minimum atomic E-state index is -0.0786. The Bertz CT molecular complexity index is 1140. The van der Waals surface area contributed by atoms with Crippen LogP contribution in [0.4, 0.5) is 5.69 Å². The molecule has 136 valence electrons. The number of aryl methyl sites for hydroxylation is 1. The van der Waals surface area contributed by atoms with Gasteiger partial charge in [0, 0.05) is 17.6 Å². The third kappa shape index (κ3) is 3.63. The Hall–Kier alpha value is -2.57. The molecule has 0 saturated carbocycles. The van der Waals surface area contributed by atoms with Gasteiger partial charge in [-0.05, 0) is 36.8 Å². The number of pyridine rings is 1. The molecule has 0 aliphatic carbocycles. The van der Waals surface area contributed by atoms with E-state index in [1.165, 1.54) is 22.7 Å². The Kier molecular flexibility index (Phi) is 5.01. The molecule has 0 fully saturated rings. The average Bonchev–Trinajstić information content (AvgIpc) is 3.07. The van der Waals surface area contributed by atoms with Crippen LogP contribution in [-0.2, 0) is 4.79 Å². The highest BCUT2D eigenvalue weighted by Gasteiger charge is 2.12. The second kappa shape index (κ2) is 7.58. The number of rotatable bonds is 5. The van der Waals surface area contributed by atoms with Crippen molar-refractivity contribution in [2.45, 2.75) is 18.5 Å². The molecule has 0 aliphatic heterocycles. The molecule has 5 nitrogen and oxygen atoms in total. The number of halogens is 1. The van der Waals surface area contributed by atoms with Crippen molar-refractivity contribution in [2.24, 2.45) is 0 Å². The summed E-state index contributed by atoms with van der Waals surface area (Å²) in [7, 11) is 0. The topological polar surface area (TPSA) is 59.3 Å². The number of thioether (sulfide) groups is 1. The monoisotopic (exact) mass is 396 g/mol. The van der Waals surface area contributed by atoms with Crippen molar-refractivity contribution in [3.8, 4) is 0 Å². The van der Waals surface area contributed by atoms with Gasteiger partial charge in [-0.25, -0.2) is 0 Å². The van der Waals surface area contributed by atoms with Gasteiger partial charge in [0.05, 0.1) is 16.2 Å². The van der Waals surface area contributed by atoms with Gasteiger partial charge in [-0.1, -0.05) is 53.7 Å². The van der Waals surface area contributed by atoms with Crippen molar-refractivity contribution < 1.29 is 4.79 Å². The number of hydrogen-bond donors (Lipinski definition) is 1. The fourth-order valence-corrected chi connectivity index (χ4v) is 4.05. The normalized spacial score (nSPS) is 11.2. The van der Waals surface area contributed by atoms with E-state index in [1.807, 2.05) is 34.7 Å². The SMILES string of the molecule is Cc1cc2nnc(SCCC(=O)Nc3ccccc3Cl)n2c2ccccc12. The van der Waals surface area contributed by atoms with E-state index in [9.17, 15) is 4.79 Å². The lowest BCUT2D eigenvalue weighted by Crippen LogP contribution is -2.12. The van der Waals surface area contributed by atoms with Crippen LogP contribution in [0.25, 0.3) is 16.6 Å². The number of benzene rings is 2. The second-order valence-corrected chi connectivity index (χ2v) is 7.62. The van der Waals surface area contributed by atoms with E-state index in [-0.39, 0.29) is 5.91 Å². The second-order valence-electron chi connectivity index (χ2n) is 6.15. The molecule has 1 amide bonds. The van der Waals surface area contributed by atoms with Gasteiger partial charge in [-0.15, -0.1) is 10.2 Å². The summed E-state index contributed by atoms with van der Waals surface area (Å²) in [5.41, 5.74) is 3.68. The van der Waals surface area contributed by atoms with E-state index in [1.54, 1.807) is 12.1 Å². The van der Waals surface area contributed by atoms with Crippen LogP contribution in [0.15, 0.2) is 59.8 Å². The van der Waals surface area contributed by atoms with E-state index in [4.69, 9.17) is 11.6 Å². The molecule has 2 aromatic carbocycles. The number of aromatic nitrogens is 3. The maximum absolute atomic E-state index is 12.2. The number of anilines is 1. The number of amides is 1. The van der Waals surface area contributed by atoms with Gasteiger partial charge in [-0.2, -0.15) is 0 Å². The number of para-hydroxylation sites is 2. The summed E-state index contributed by atoms with van der Waals surface area (Å²) in [5.74, 6) is 0.518. The van der Waals surface area contributed by atoms with E-state index in [0.29, 0.717) is 22.9 Å². The summed E-state index contributed by atoms with van der Waals surface area (Å²) in [5, 5.41) is 13.9. The number of nitrogens with zero attached hydrogens (tertiary/aromatic N) is 3. The number of carbonyl (C=O) groups is 1. The first kappa shape index (κ1) is 17.8. The van der Waals surface area contributed by atoms with Gasteiger partial charge in [0.25, 0.3) is 0 Å². The van der Waals surface area contributed by atoms with Crippen molar-refractivity contribution in [2.75, 3.05) is 11.1 Å². The molecule has 0 atom stereocenters. The largest absolute Gasteiger partial charge is 0.325 e. The zero-order chi connectivity index (χ0) is 18.8. The summed E-state index contributed by atoms with van der Waals surface area (Å²) in [6, 6.07) is 17.4. The average molecular weight is 397 g/mol. The molecule has 0 unspecified atom stereocenters. The van der Waals surface area contributed by atoms with Crippen molar-refractivity contribution >= 4 is 51.5 Å². The molecule has 2 heterocycles. The third-order valence-electron chi connectivity index (χ3n) is 4.28. The van der Waals surface area contributed by atoms with Gasteiger partial charge in [0.15, 0.2) is 10.8 Å². The Morgan fingerprint density at radius 3 is 2.78 bits per heavy atom. The summed E-state index contributed by atoms with van der Waals surface area (Å²) >= 11 is 7.59. The Labute approximate surface area is 165 Å². The molecule has 4 rings (SSSR count). The van der Waals surface area contributed by atoms with Gasteiger partial charge in [-0.3, -0.25) is 9.20 Å². The van der Waals surface area contributed by atoms with Crippen molar-refractivity contribution in [3.63, 3.8) is 0 Å². The lowest BCUT2D eigenvalue weighted by molar-refractivity contribution is -0.115. The predicted molar refractivity (Wildman–Crippen MR) is 111 cm³/mol. The lowest BCUT2D eigenvalue weighted by atomic mass is 10.1. The van der Waals surface area contributed by atoms with Crippen LogP contribution in [0.1, 0.15) is 12.0 Å². The highest BCUT2D eigenvalue weighted by Crippen LogP contribution is 2.26. The molecule has 7 heteroatoms. The zero-order valence-corrected chi connectivity index (χ0v) is 16.2. The standard InChI is InChI=1S/C20H17ClN4OS/c1-13-12-18-23-24-20(25(18)17-9-5-2-6-14(13)17)27-11-10-19(26)22-16-8-4-3-7-15(16)21/h2-9,12H,10-11H2,1H3,(H,22,26). The number of fused-ring (bicyclic) bond motifs is 3. The summed E-state index contributed by atoms with van der Waals surface area (Å²) in [6.07, 6.45) is 0.356. The first-order valence-electron chi connectivity index (χ1n) is 8.54. The Morgan fingerprint density at radius 2 is 1.93 bits per heavy atom. The molecule has 2 aromatic heterocycles. The molecule has 0 bridgehead atoms. The third-order valence-corrected chi connectivity index (χ3v) is 5.54. The minimum absolute atomic E-state index is 0.0786. The molecule has 0 spiro atoms. The van der Waals surface area contributed by atoms with Crippen molar-refractivity contribution in [1.82, 2.24) is 14.6 Å². The fourth-order valence-electron chi connectivity index (χ4n) is 2.98. The highest BCUT2D eigenvalue weighted by atomic mass is 35.5. The van der Waals surface area contributed by atoms with E-state index >= 15 is 0 Å². The minimum Gasteiger partial charge on any atom is -0.325 e. The van der Waals surface area contributed by atoms with Crippen LogP contribution < -0.4 is 5.32 Å². The predicted octanol–water partition coefficient (Wildman–Crippen LogP) is 4.97. The van der Waals surface area contributed by atoms with Gasteiger partial charge < -0.3 is 5.32 Å². The van der Waals surface area contributed by atoms with Crippen molar-refractivity contribution in [1.29, 1.82) is 0 Å². The fraction of sp³-hybridized carbons (Fsp3) is 0.150. The Balaban J connectivity index is 1.49. The molecule has 4 aromatic rings. The molecule has 0 radical (unpaired) electrons. The molecular weight excluding hydrogens is 380 g/mol. The van der Waals surface area contributed by atoms with E-state index in [2.05, 4.69) is 34.6 Å². The molecular formula is C20H17ClN4OS. The maximum Gasteiger partial charge on any atom is 0.225 e. The van der Waals surface area contributed by atoms with Crippen LogP contribution in [0.5, 0.6) is 0 Å². The molecule has 1 N–H and O–H groups in total. The molecule has 27 heavy (non-hydrogen) atoms. The van der Waals surface area contributed by atoms with Gasteiger partial charge in [0.2, 0.25) is 5.91 Å². The number of nitrogens with one attached hydrogen (secondary N) is 1. The first-order chi connectivity index (χ1) is 13.1.